The van der Waals surface area contributed by atoms with E-state index >= 15 is 0 Å². The summed E-state index contributed by atoms with van der Waals surface area (Å²) in [4.78, 5) is 27.5. The molecule has 1 heterocycles. The van der Waals surface area contributed by atoms with Crippen LogP contribution in [-0.2, 0) is 20.9 Å². The van der Waals surface area contributed by atoms with Gasteiger partial charge in [0.05, 0.1) is 18.8 Å². The molecule has 1 fully saturated rings. The van der Waals surface area contributed by atoms with Crippen molar-refractivity contribution in [3.8, 4) is 0 Å². The van der Waals surface area contributed by atoms with Gasteiger partial charge in [0.25, 0.3) is 5.91 Å². The maximum Gasteiger partial charge on any atom is 0.253 e. The number of carbonyl (C=O) groups is 2. The molecule has 2 N–H and O–H groups in total. The molecule has 3 rings (SSSR count). The first-order valence-electron chi connectivity index (χ1n) is 11.1. The van der Waals surface area contributed by atoms with Crippen molar-refractivity contribution in [2.45, 2.75) is 26.4 Å². The summed E-state index contributed by atoms with van der Waals surface area (Å²) in [7, 11) is 1.60. The van der Waals surface area contributed by atoms with Gasteiger partial charge < -0.3 is 25.0 Å². The Morgan fingerprint density at radius 1 is 1.09 bits per heavy atom. The van der Waals surface area contributed by atoms with Crippen LogP contribution in [0.2, 0.25) is 0 Å². The lowest BCUT2D eigenvalue weighted by Gasteiger charge is -2.33. The molecule has 1 saturated heterocycles. The number of amides is 2. The van der Waals surface area contributed by atoms with Crippen molar-refractivity contribution in [1.82, 2.24) is 5.32 Å². The number of rotatable bonds is 10. The van der Waals surface area contributed by atoms with Crippen LogP contribution in [0.5, 0.6) is 0 Å². The van der Waals surface area contributed by atoms with Crippen LogP contribution in [0, 0.1) is 5.92 Å². The molecule has 1 aliphatic rings. The number of anilines is 2. The van der Waals surface area contributed by atoms with Crippen LogP contribution in [0.1, 0.15) is 35.7 Å². The predicted octanol–water partition coefficient (Wildman–Crippen LogP) is 3.45. The van der Waals surface area contributed by atoms with E-state index in [9.17, 15) is 9.59 Å². The van der Waals surface area contributed by atoms with E-state index in [2.05, 4.69) is 22.5 Å². The van der Waals surface area contributed by atoms with Gasteiger partial charge in [-0.05, 0) is 42.5 Å². The van der Waals surface area contributed by atoms with E-state index in [0.29, 0.717) is 36.9 Å². The Morgan fingerprint density at radius 2 is 1.84 bits per heavy atom. The fourth-order valence-corrected chi connectivity index (χ4v) is 3.72. The molecule has 0 aromatic heterocycles. The summed E-state index contributed by atoms with van der Waals surface area (Å²) in [6.07, 6.45) is 2.20. The third-order valence-electron chi connectivity index (χ3n) is 5.59. The second kappa shape index (κ2) is 12.2. The first-order valence-corrected chi connectivity index (χ1v) is 11.1. The molecule has 0 radical (unpaired) electrons. The second-order valence-electron chi connectivity index (χ2n) is 8.18. The summed E-state index contributed by atoms with van der Waals surface area (Å²) in [5, 5.41) is 5.73. The Kier molecular flexibility index (Phi) is 9.07. The van der Waals surface area contributed by atoms with E-state index < -0.39 is 0 Å². The topological polar surface area (TPSA) is 79.9 Å². The third kappa shape index (κ3) is 7.07. The summed E-state index contributed by atoms with van der Waals surface area (Å²) in [5.41, 5.74) is 3.03. The maximum absolute atomic E-state index is 12.9. The van der Waals surface area contributed by atoms with E-state index in [1.807, 2.05) is 42.5 Å². The molecular formula is C25H33N3O4. The van der Waals surface area contributed by atoms with Gasteiger partial charge in [0.2, 0.25) is 5.91 Å². The molecular weight excluding hydrogens is 406 g/mol. The van der Waals surface area contributed by atoms with Crippen LogP contribution in [0.3, 0.4) is 0 Å². The van der Waals surface area contributed by atoms with Crippen LogP contribution in [0.15, 0.2) is 48.5 Å². The molecule has 0 aliphatic carbocycles. The number of benzene rings is 2. The summed E-state index contributed by atoms with van der Waals surface area (Å²) in [6, 6.07) is 15.2. The minimum Gasteiger partial charge on any atom is -0.383 e. The van der Waals surface area contributed by atoms with Crippen LogP contribution < -0.4 is 15.5 Å². The summed E-state index contributed by atoms with van der Waals surface area (Å²) < 4.78 is 10.5. The van der Waals surface area contributed by atoms with E-state index in [0.717, 1.165) is 37.2 Å². The second-order valence-corrected chi connectivity index (χ2v) is 8.18. The Bertz CT molecular complexity index is 880. The lowest BCUT2D eigenvalue weighted by atomic mass is 9.98. The van der Waals surface area contributed by atoms with Gasteiger partial charge in [-0.3, -0.25) is 9.59 Å². The predicted molar refractivity (Wildman–Crippen MR) is 126 cm³/mol. The quantitative estimate of drug-likeness (QED) is 0.555. The van der Waals surface area contributed by atoms with Crippen molar-refractivity contribution in [2.24, 2.45) is 5.92 Å². The normalized spacial score (nSPS) is 14.2. The average molecular weight is 440 g/mol. The highest BCUT2D eigenvalue weighted by atomic mass is 16.5. The highest BCUT2D eigenvalue weighted by molar-refractivity contribution is 6.02. The lowest BCUT2D eigenvalue weighted by Crippen LogP contribution is -2.35. The maximum atomic E-state index is 12.9. The first-order chi connectivity index (χ1) is 15.6. The molecule has 0 atom stereocenters. The zero-order valence-corrected chi connectivity index (χ0v) is 18.9. The highest BCUT2D eigenvalue weighted by Crippen LogP contribution is 2.28. The van der Waals surface area contributed by atoms with Crippen LogP contribution in [0.25, 0.3) is 0 Å². The molecule has 0 unspecified atom stereocenters. The zero-order chi connectivity index (χ0) is 22.8. The van der Waals surface area contributed by atoms with Gasteiger partial charge in [-0.2, -0.15) is 0 Å². The highest BCUT2D eigenvalue weighted by Gasteiger charge is 2.21. The van der Waals surface area contributed by atoms with Gasteiger partial charge >= 0.3 is 0 Å². The molecule has 0 saturated carbocycles. The SMILES string of the molecule is COCCNC(=O)c1cc(NC(=O)COCc2ccccc2)ccc1N1CCC(C)CC1. The lowest BCUT2D eigenvalue weighted by molar-refractivity contribution is -0.121. The zero-order valence-electron chi connectivity index (χ0n) is 18.9. The molecule has 1 aliphatic heterocycles. The molecule has 7 heteroatoms. The smallest absolute Gasteiger partial charge is 0.253 e. The molecule has 32 heavy (non-hydrogen) atoms. The minimum absolute atomic E-state index is 0.0595. The standard InChI is InChI=1S/C25H33N3O4/c1-19-10-13-28(14-11-19)23-9-8-21(16-22(23)25(30)26-12-15-31-2)27-24(29)18-32-17-20-6-4-3-5-7-20/h3-9,16,19H,10-15,17-18H2,1-2H3,(H,26,30)(H,27,29). The van der Waals surface area contributed by atoms with E-state index in [-0.39, 0.29) is 18.4 Å². The van der Waals surface area contributed by atoms with Crippen LogP contribution >= 0.6 is 0 Å². The summed E-state index contributed by atoms with van der Waals surface area (Å²) in [6.45, 7) is 5.27. The van der Waals surface area contributed by atoms with Gasteiger partial charge in [0.15, 0.2) is 0 Å². The molecule has 2 aromatic rings. The molecule has 0 spiro atoms. The van der Waals surface area contributed by atoms with Crippen molar-refractivity contribution in [2.75, 3.05) is 50.2 Å². The first kappa shape index (κ1) is 23.8. The van der Waals surface area contributed by atoms with E-state index in [1.165, 1.54) is 0 Å². The van der Waals surface area contributed by atoms with Crippen molar-refractivity contribution in [3.05, 3.63) is 59.7 Å². The Hall–Kier alpha value is -2.90. The number of hydrogen-bond donors (Lipinski definition) is 2. The summed E-state index contributed by atoms with van der Waals surface area (Å²) >= 11 is 0. The monoisotopic (exact) mass is 439 g/mol. The molecule has 0 bridgehead atoms. The number of ether oxygens (including phenoxy) is 2. The van der Waals surface area contributed by atoms with Crippen LogP contribution in [0.4, 0.5) is 11.4 Å². The van der Waals surface area contributed by atoms with E-state index in [4.69, 9.17) is 9.47 Å². The molecule has 7 nitrogen and oxygen atoms in total. The Balaban J connectivity index is 1.65. The third-order valence-corrected chi connectivity index (χ3v) is 5.59. The van der Waals surface area contributed by atoms with Crippen LogP contribution in [-0.4, -0.2) is 51.8 Å². The van der Waals surface area contributed by atoms with Crippen molar-refractivity contribution < 1.29 is 19.1 Å². The van der Waals surface area contributed by atoms with E-state index in [1.54, 1.807) is 13.2 Å². The average Bonchev–Trinajstić information content (AvgIpc) is 2.80. The fraction of sp³-hybridized carbons (Fsp3) is 0.440. The van der Waals surface area contributed by atoms with Crippen molar-refractivity contribution in [3.63, 3.8) is 0 Å². The van der Waals surface area contributed by atoms with Gasteiger partial charge in [-0.15, -0.1) is 0 Å². The largest absolute Gasteiger partial charge is 0.383 e. The number of nitrogens with zero attached hydrogens (tertiary/aromatic N) is 1. The summed E-state index contributed by atoms with van der Waals surface area (Å²) in [5.74, 6) is 0.262. The minimum atomic E-state index is -0.258. The molecule has 2 amide bonds. The van der Waals surface area contributed by atoms with Gasteiger partial charge in [0, 0.05) is 38.1 Å². The van der Waals surface area contributed by atoms with Crippen molar-refractivity contribution >= 4 is 23.2 Å². The van der Waals surface area contributed by atoms with Crippen molar-refractivity contribution in [1.29, 1.82) is 0 Å². The number of hydrogen-bond acceptors (Lipinski definition) is 5. The molecule has 2 aromatic carbocycles. The fourth-order valence-electron chi connectivity index (χ4n) is 3.72. The number of nitrogens with one attached hydrogen (secondary N) is 2. The Morgan fingerprint density at radius 3 is 2.56 bits per heavy atom. The van der Waals surface area contributed by atoms with Gasteiger partial charge in [-0.25, -0.2) is 0 Å². The number of carbonyl (C=O) groups excluding carboxylic acids is 2. The Labute approximate surface area is 190 Å². The number of piperidine rings is 1. The van der Waals surface area contributed by atoms with Gasteiger partial charge in [0.1, 0.15) is 6.61 Å². The number of methoxy groups -OCH3 is 1. The molecule has 172 valence electrons. The van der Waals surface area contributed by atoms with Gasteiger partial charge in [-0.1, -0.05) is 37.3 Å².